The maximum Gasteiger partial charge on any atom is 0.307 e. The molecular formula is C12H18N2O4. The molecule has 6 nitrogen and oxygen atoms in total. The van der Waals surface area contributed by atoms with E-state index in [1.54, 1.807) is 14.0 Å². The van der Waals surface area contributed by atoms with Gasteiger partial charge in [-0.25, -0.2) is 0 Å². The number of hydrogen-bond acceptors (Lipinski definition) is 5. The number of hydrogen-bond donors (Lipinski definition) is 0. The lowest BCUT2D eigenvalue weighted by atomic mass is 10.1. The number of carbonyl (C=O) groups excluding carboxylic acids is 2. The summed E-state index contributed by atoms with van der Waals surface area (Å²) in [7, 11) is 2.96. The topological polar surface area (TPSA) is 72.6 Å². The Morgan fingerprint density at radius 2 is 2.11 bits per heavy atom. The van der Waals surface area contributed by atoms with E-state index in [1.807, 2.05) is 6.92 Å². The van der Waals surface area contributed by atoms with E-state index in [4.69, 9.17) is 4.52 Å². The van der Waals surface area contributed by atoms with Gasteiger partial charge in [0.05, 0.1) is 19.2 Å². The smallest absolute Gasteiger partial charge is 0.307 e. The van der Waals surface area contributed by atoms with Gasteiger partial charge in [-0.1, -0.05) is 12.1 Å². The fraction of sp³-hybridized carbons (Fsp3) is 0.583. The second kappa shape index (κ2) is 6.18. The fourth-order valence-corrected chi connectivity index (χ4v) is 1.59. The molecule has 1 heterocycles. The van der Waals surface area contributed by atoms with Crippen LogP contribution >= 0.6 is 0 Å². The third kappa shape index (κ3) is 3.09. The molecule has 1 aromatic heterocycles. The molecular weight excluding hydrogens is 236 g/mol. The average molecular weight is 254 g/mol. The van der Waals surface area contributed by atoms with E-state index in [1.165, 1.54) is 12.0 Å². The molecule has 1 amide bonds. The Morgan fingerprint density at radius 1 is 1.44 bits per heavy atom. The van der Waals surface area contributed by atoms with Gasteiger partial charge in [0, 0.05) is 13.6 Å². The van der Waals surface area contributed by atoms with E-state index < -0.39 is 0 Å². The number of rotatable bonds is 5. The highest BCUT2D eigenvalue weighted by Crippen LogP contribution is 2.16. The maximum atomic E-state index is 12.2. The van der Waals surface area contributed by atoms with Crippen LogP contribution in [0.25, 0.3) is 0 Å². The van der Waals surface area contributed by atoms with Crippen molar-refractivity contribution in [1.29, 1.82) is 0 Å². The molecule has 0 aromatic carbocycles. The summed E-state index contributed by atoms with van der Waals surface area (Å²) >= 11 is 0. The highest BCUT2D eigenvalue weighted by molar-refractivity contribution is 5.96. The van der Waals surface area contributed by atoms with Crippen molar-refractivity contribution < 1.29 is 18.8 Å². The first-order valence-corrected chi connectivity index (χ1v) is 5.78. The molecule has 0 bridgehead atoms. The molecule has 100 valence electrons. The van der Waals surface area contributed by atoms with Crippen LogP contribution in [-0.4, -0.2) is 42.6 Å². The average Bonchev–Trinajstić information content (AvgIpc) is 2.75. The summed E-state index contributed by atoms with van der Waals surface area (Å²) in [6.45, 7) is 3.91. The molecule has 18 heavy (non-hydrogen) atoms. The molecule has 0 aliphatic rings. The molecule has 0 atom stereocenters. The summed E-state index contributed by atoms with van der Waals surface area (Å²) in [5.74, 6) is -0.0244. The van der Waals surface area contributed by atoms with Crippen molar-refractivity contribution in [3.8, 4) is 0 Å². The normalized spacial score (nSPS) is 10.2. The van der Waals surface area contributed by atoms with Crippen molar-refractivity contribution >= 4 is 11.9 Å². The number of esters is 1. The number of methoxy groups -OCH3 is 1. The Labute approximate surface area is 106 Å². The van der Waals surface area contributed by atoms with Crippen LogP contribution in [0.5, 0.6) is 0 Å². The van der Waals surface area contributed by atoms with Gasteiger partial charge in [0.1, 0.15) is 11.3 Å². The van der Waals surface area contributed by atoms with Crippen LogP contribution in [-0.2, 0) is 16.0 Å². The number of carbonyl (C=O) groups is 2. The summed E-state index contributed by atoms with van der Waals surface area (Å²) in [5, 5.41) is 3.83. The summed E-state index contributed by atoms with van der Waals surface area (Å²) in [4.78, 5) is 24.7. The van der Waals surface area contributed by atoms with Gasteiger partial charge in [0.2, 0.25) is 0 Å². The Morgan fingerprint density at radius 3 is 2.67 bits per heavy atom. The van der Waals surface area contributed by atoms with Gasteiger partial charge >= 0.3 is 5.97 Å². The van der Waals surface area contributed by atoms with Gasteiger partial charge in [-0.05, 0) is 13.3 Å². The minimum atomic E-state index is -0.340. The molecule has 0 spiro atoms. The Hall–Kier alpha value is -1.85. The largest absolute Gasteiger partial charge is 0.469 e. The zero-order chi connectivity index (χ0) is 13.7. The Bertz CT molecular complexity index is 439. The molecule has 6 heteroatoms. The van der Waals surface area contributed by atoms with Crippen molar-refractivity contribution in [3.63, 3.8) is 0 Å². The third-order valence-corrected chi connectivity index (χ3v) is 2.71. The first-order chi connectivity index (χ1) is 8.51. The van der Waals surface area contributed by atoms with E-state index in [2.05, 4.69) is 9.89 Å². The van der Waals surface area contributed by atoms with Crippen LogP contribution in [0, 0.1) is 6.92 Å². The minimum Gasteiger partial charge on any atom is -0.469 e. The third-order valence-electron chi connectivity index (χ3n) is 2.71. The van der Waals surface area contributed by atoms with Crippen LogP contribution in [0.3, 0.4) is 0 Å². The second-order valence-electron chi connectivity index (χ2n) is 3.97. The molecule has 0 saturated carbocycles. The van der Waals surface area contributed by atoms with Gasteiger partial charge in [-0.15, -0.1) is 0 Å². The zero-order valence-corrected chi connectivity index (χ0v) is 11.1. The Kier molecular flexibility index (Phi) is 4.88. The zero-order valence-electron chi connectivity index (χ0n) is 11.1. The van der Waals surface area contributed by atoms with E-state index >= 15 is 0 Å². The summed E-state index contributed by atoms with van der Waals surface area (Å²) in [6, 6.07) is 0. The van der Waals surface area contributed by atoms with Crippen molar-refractivity contribution in [2.45, 2.75) is 26.7 Å². The van der Waals surface area contributed by atoms with Crippen molar-refractivity contribution in [2.24, 2.45) is 0 Å². The van der Waals surface area contributed by atoms with Crippen molar-refractivity contribution in [3.05, 3.63) is 17.0 Å². The van der Waals surface area contributed by atoms with Crippen LogP contribution < -0.4 is 0 Å². The standard InChI is InChI=1S/C12H18N2O4/c1-5-9-11(8(2)18-13-9)12(16)14(3)7-6-10(15)17-4/h5-7H2,1-4H3. The first kappa shape index (κ1) is 14.2. The van der Waals surface area contributed by atoms with Gasteiger partial charge < -0.3 is 14.2 Å². The predicted octanol–water partition coefficient (Wildman–Crippen LogP) is 1.18. The summed E-state index contributed by atoms with van der Waals surface area (Å²) in [6.07, 6.45) is 0.799. The second-order valence-corrected chi connectivity index (χ2v) is 3.97. The van der Waals surface area contributed by atoms with Gasteiger partial charge in [0.15, 0.2) is 0 Å². The molecule has 0 radical (unpaired) electrons. The van der Waals surface area contributed by atoms with Gasteiger partial charge in [-0.3, -0.25) is 9.59 Å². The number of nitrogens with zero attached hydrogens (tertiary/aromatic N) is 2. The van der Waals surface area contributed by atoms with E-state index in [9.17, 15) is 9.59 Å². The number of ether oxygens (including phenoxy) is 1. The highest BCUT2D eigenvalue weighted by atomic mass is 16.5. The van der Waals surface area contributed by atoms with Gasteiger partial charge in [-0.2, -0.15) is 0 Å². The van der Waals surface area contributed by atoms with Crippen molar-refractivity contribution in [1.82, 2.24) is 10.1 Å². The van der Waals surface area contributed by atoms with Crippen LogP contribution in [0.4, 0.5) is 0 Å². The fourth-order valence-electron chi connectivity index (χ4n) is 1.59. The SMILES string of the molecule is CCc1noc(C)c1C(=O)N(C)CCC(=O)OC. The monoisotopic (exact) mass is 254 g/mol. The maximum absolute atomic E-state index is 12.2. The lowest BCUT2D eigenvalue weighted by Crippen LogP contribution is -2.30. The molecule has 0 unspecified atom stereocenters. The minimum absolute atomic E-state index is 0.171. The van der Waals surface area contributed by atoms with Crippen molar-refractivity contribution in [2.75, 3.05) is 20.7 Å². The molecule has 0 saturated heterocycles. The lowest BCUT2D eigenvalue weighted by molar-refractivity contribution is -0.140. The molecule has 1 aromatic rings. The number of amides is 1. The van der Waals surface area contributed by atoms with E-state index in [0.29, 0.717) is 30.0 Å². The first-order valence-electron chi connectivity index (χ1n) is 5.78. The summed E-state index contributed by atoms with van der Waals surface area (Å²) in [5.41, 5.74) is 1.13. The van der Waals surface area contributed by atoms with E-state index in [-0.39, 0.29) is 18.3 Å². The summed E-state index contributed by atoms with van der Waals surface area (Å²) < 4.78 is 9.55. The quantitative estimate of drug-likeness (QED) is 0.738. The van der Waals surface area contributed by atoms with Crippen LogP contribution in [0.15, 0.2) is 4.52 Å². The van der Waals surface area contributed by atoms with Gasteiger partial charge in [0.25, 0.3) is 5.91 Å². The molecule has 1 rings (SSSR count). The van der Waals surface area contributed by atoms with Crippen LogP contribution in [0.2, 0.25) is 0 Å². The molecule has 0 aliphatic carbocycles. The Balaban J connectivity index is 2.74. The molecule has 0 N–H and O–H groups in total. The molecule has 0 fully saturated rings. The molecule has 0 aliphatic heterocycles. The highest BCUT2D eigenvalue weighted by Gasteiger charge is 2.22. The van der Waals surface area contributed by atoms with E-state index in [0.717, 1.165) is 0 Å². The number of aromatic nitrogens is 1. The lowest BCUT2D eigenvalue weighted by Gasteiger charge is -2.16. The van der Waals surface area contributed by atoms with Crippen LogP contribution in [0.1, 0.15) is 35.2 Å². The number of aryl methyl sites for hydroxylation is 2. The predicted molar refractivity (Wildman–Crippen MR) is 64.2 cm³/mol.